The summed E-state index contributed by atoms with van der Waals surface area (Å²) in [6, 6.07) is 0. The molecule has 0 amide bonds. The standard InChI is InChI=1S/C14H23N7/c1-4-5-15-13-12(11(2)3)14(18-10-17-13)16-6-8-21-9-7-19-20-21/h7,9-11H,4-6,8H2,1-3H3,(H2,15,16,17,18). The van der Waals surface area contributed by atoms with Crippen LogP contribution in [0.1, 0.15) is 38.7 Å². The Morgan fingerprint density at radius 2 is 1.86 bits per heavy atom. The van der Waals surface area contributed by atoms with E-state index in [4.69, 9.17) is 0 Å². The minimum Gasteiger partial charge on any atom is -0.370 e. The van der Waals surface area contributed by atoms with Gasteiger partial charge in [0, 0.05) is 24.8 Å². The van der Waals surface area contributed by atoms with E-state index < -0.39 is 0 Å². The van der Waals surface area contributed by atoms with Crippen molar-refractivity contribution in [2.24, 2.45) is 0 Å². The molecule has 7 nitrogen and oxygen atoms in total. The molecule has 7 heteroatoms. The second-order valence-corrected chi connectivity index (χ2v) is 5.16. The minimum atomic E-state index is 0.347. The molecule has 0 spiro atoms. The molecule has 0 fully saturated rings. The maximum Gasteiger partial charge on any atom is 0.135 e. The van der Waals surface area contributed by atoms with Gasteiger partial charge in [-0.2, -0.15) is 0 Å². The summed E-state index contributed by atoms with van der Waals surface area (Å²) < 4.78 is 1.79. The van der Waals surface area contributed by atoms with Crippen LogP contribution in [0.25, 0.3) is 0 Å². The molecule has 2 rings (SSSR count). The Morgan fingerprint density at radius 3 is 2.43 bits per heavy atom. The van der Waals surface area contributed by atoms with Crippen molar-refractivity contribution in [3.05, 3.63) is 24.3 Å². The van der Waals surface area contributed by atoms with Crippen LogP contribution in [-0.2, 0) is 6.54 Å². The van der Waals surface area contributed by atoms with Crippen LogP contribution in [0.4, 0.5) is 11.6 Å². The molecule has 2 heterocycles. The maximum absolute atomic E-state index is 4.38. The van der Waals surface area contributed by atoms with Gasteiger partial charge in [0.25, 0.3) is 0 Å². The summed E-state index contributed by atoms with van der Waals surface area (Å²) >= 11 is 0. The molecule has 0 bridgehead atoms. The molecule has 0 atom stereocenters. The molecule has 2 N–H and O–H groups in total. The lowest BCUT2D eigenvalue weighted by atomic mass is 10.0. The molecule has 2 aromatic heterocycles. The van der Waals surface area contributed by atoms with Crippen LogP contribution in [0.2, 0.25) is 0 Å². The van der Waals surface area contributed by atoms with Crippen LogP contribution in [0.5, 0.6) is 0 Å². The highest BCUT2D eigenvalue weighted by molar-refractivity contribution is 5.58. The Balaban J connectivity index is 2.06. The molecule has 2 aromatic rings. The van der Waals surface area contributed by atoms with E-state index in [0.29, 0.717) is 5.92 Å². The van der Waals surface area contributed by atoms with Gasteiger partial charge in [-0.05, 0) is 12.3 Å². The molecule has 0 saturated heterocycles. The third-order valence-corrected chi connectivity index (χ3v) is 3.11. The molecule has 0 unspecified atom stereocenters. The number of nitrogens with one attached hydrogen (secondary N) is 2. The number of nitrogens with zero attached hydrogens (tertiary/aromatic N) is 5. The van der Waals surface area contributed by atoms with E-state index >= 15 is 0 Å². The van der Waals surface area contributed by atoms with Gasteiger partial charge in [-0.15, -0.1) is 5.10 Å². The smallest absolute Gasteiger partial charge is 0.135 e. The van der Waals surface area contributed by atoms with Gasteiger partial charge in [0.15, 0.2) is 0 Å². The van der Waals surface area contributed by atoms with E-state index in [9.17, 15) is 0 Å². The summed E-state index contributed by atoms with van der Waals surface area (Å²) in [6.45, 7) is 8.85. The van der Waals surface area contributed by atoms with E-state index in [-0.39, 0.29) is 0 Å². The van der Waals surface area contributed by atoms with Crippen LogP contribution in [0.3, 0.4) is 0 Å². The van der Waals surface area contributed by atoms with Crippen molar-refractivity contribution in [2.45, 2.75) is 39.7 Å². The number of hydrogen-bond donors (Lipinski definition) is 2. The normalized spacial score (nSPS) is 10.9. The van der Waals surface area contributed by atoms with Crippen molar-refractivity contribution < 1.29 is 0 Å². The van der Waals surface area contributed by atoms with Gasteiger partial charge in [-0.3, -0.25) is 4.68 Å². The lowest BCUT2D eigenvalue weighted by Gasteiger charge is -2.17. The van der Waals surface area contributed by atoms with Crippen LogP contribution in [-0.4, -0.2) is 38.1 Å². The van der Waals surface area contributed by atoms with Crippen molar-refractivity contribution in [2.75, 3.05) is 23.7 Å². The molecule has 21 heavy (non-hydrogen) atoms. The largest absolute Gasteiger partial charge is 0.370 e. The zero-order valence-electron chi connectivity index (χ0n) is 12.9. The quantitative estimate of drug-likeness (QED) is 0.775. The van der Waals surface area contributed by atoms with E-state index in [1.165, 1.54) is 0 Å². The third-order valence-electron chi connectivity index (χ3n) is 3.11. The van der Waals surface area contributed by atoms with Crippen LogP contribution >= 0.6 is 0 Å². The topological polar surface area (TPSA) is 80.5 Å². The molecule has 0 aliphatic heterocycles. The summed E-state index contributed by atoms with van der Waals surface area (Å²) in [5.74, 6) is 2.16. The first-order chi connectivity index (χ1) is 10.2. The molecule has 0 aliphatic rings. The summed E-state index contributed by atoms with van der Waals surface area (Å²) in [6.07, 6.45) is 6.19. The van der Waals surface area contributed by atoms with Crippen molar-refractivity contribution >= 4 is 11.6 Å². The van der Waals surface area contributed by atoms with Crippen molar-refractivity contribution in [1.29, 1.82) is 0 Å². The van der Waals surface area contributed by atoms with Crippen molar-refractivity contribution in [3.63, 3.8) is 0 Å². The maximum atomic E-state index is 4.38. The van der Waals surface area contributed by atoms with E-state index in [1.54, 1.807) is 17.2 Å². The van der Waals surface area contributed by atoms with Crippen molar-refractivity contribution in [1.82, 2.24) is 25.0 Å². The fraction of sp³-hybridized carbons (Fsp3) is 0.571. The fourth-order valence-corrected chi connectivity index (χ4v) is 2.11. The van der Waals surface area contributed by atoms with Crippen LogP contribution < -0.4 is 10.6 Å². The van der Waals surface area contributed by atoms with E-state index in [0.717, 1.165) is 43.3 Å². The summed E-state index contributed by atoms with van der Waals surface area (Å²) in [5.41, 5.74) is 1.13. The molecular formula is C14H23N7. The van der Waals surface area contributed by atoms with Crippen molar-refractivity contribution in [3.8, 4) is 0 Å². The highest BCUT2D eigenvalue weighted by Crippen LogP contribution is 2.28. The predicted octanol–water partition coefficient (Wildman–Crippen LogP) is 2.13. The van der Waals surface area contributed by atoms with Gasteiger partial charge in [0.2, 0.25) is 0 Å². The first-order valence-corrected chi connectivity index (χ1v) is 7.39. The van der Waals surface area contributed by atoms with Gasteiger partial charge in [-0.1, -0.05) is 26.0 Å². The SMILES string of the molecule is CCCNc1ncnc(NCCn2ccnn2)c1C(C)C. The van der Waals surface area contributed by atoms with Gasteiger partial charge < -0.3 is 10.6 Å². The van der Waals surface area contributed by atoms with Gasteiger partial charge >= 0.3 is 0 Å². The summed E-state index contributed by atoms with van der Waals surface area (Å²) in [5, 5.41) is 14.5. The Bertz CT molecular complexity index is 536. The Hall–Kier alpha value is -2.18. The molecular weight excluding hydrogens is 266 g/mol. The fourth-order valence-electron chi connectivity index (χ4n) is 2.11. The van der Waals surface area contributed by atoms with Gasteiger partial charge in [0.1, 0.15) is 18.0 Å². The lowest BCUT2D eigenvalue weighted by molar-refractivity contribution is 0.607. The number of hydrogen-bond acceptors (Lipinski definition) is 6. The van der Waals surface area contributed by atoms with Crippen LogP contribution in [0, 0.1) is 0 Å². The molecule has 0 aromatic carbocycles. The second-order valence-electron chi connectivity index (χ2n) is 5.16. The Kier molecular flexibility index (Phi) is 5.48. The van der Waals surface area contributed by atoms with Crippen LogP contribution in [0.15, 0.2) is 18.7 Å². The molecule has 0 aliphatic carbocycles. The molecule has 114 valence electrons. The highest BCUT2D eigenvalue weighted by Gasteiger charge is 2.14. The van der Waals surface area contributed by atoms with E-state index in [1.807, 2.05) is 6.20 Å². The lowest BCUT2D eigenvalue weighted by Crippen LogP contribution is -2.15. The first-order valence-electron chi connectivity index (χ1n) is 7.39. The summed E-state index contributed by atoms with van der Waals surface area (Å²) in [7, 11) is 0. The number of rotatable bonds is 8. The summed E-state index contributed by atoms with van der Waals surface area (Å²) in [4.78, 5) is 8.75. The monoisotopic (exact) mass is 289 g/mol. The van der Waals surface area contributed by atoms with Gasteiger partial charge in [0.05, 0.1) is 12.7 Å². The predicted molar refractivity (Wildman–Crippen MR) is 83.4 cm³/mol. The average Bonchev–Trinajstić information content (AvgIpc) is 2.98. The molecule has 0 radical (unpaired) electrons. The minimum absolute atomic E-state index is 0.347. The highest BCUT2D eigenvalue weighted by atomic mass is 15.4. The Labute approximate surface area is 125 Å². The zero-order chi connectivity index (χ0) is 15.1. The number of aromatic nitrogens is 5. The average molecular weight is 289 g/mol. The zero-order valence-corrected chi connectivity index (χ0v) is 12.9. The second kappa shape index (κ2) is 7.56. The third kappa shape index (κ3) is 4.14. The Morgan fingerprint density at radius 1 is 1.14 bits per heavy atom. The van der Waals surface area contributed by atoms with E-state index in [2.05, 4.69) is 51.7 Å². The van der Waals surface area contributed by atoms with Gasteiger partial charge in [-0.25, -0.2) is 9.97 Å². The first kappa shape index (κ1) is 15.2. The molecule has 0 saturated carbocycles. The number of anilines is 2.